The van der Waals surface area contributed by atoms with Crippen LogP contribution in [0.3, 0.4) is 0 Å². The Morgan fingerprint density at radius 3 is 2.38 bits per heavy atom. The monoisotopic (exact) mass is 465 g/mol. The highest BCUT2D eigenvalue weighted by Gasteiger charge is 2.21. The summed E-state index contributed by atoms with van der Waals surface area (Å²) >= 11 is 12.3. The number of aromatic nitrogens is 3. The van der Waals surface area contributed by atoms with Crippen molar-refractivity contribution in [2.45, 2.75) is 6.54 Å². The van der Waals surface area contributed by atoms with Crippen molar-refractivity contribution in [2.75, 3.05) is 24.3 Å². The lowest BCUT2D eigenvalue weighted by molar-refractivity contribution is 0.0947. The van der Waals surface area contributed by atoms with Crippen LogP contribution in [0.5, 0.6) is 0 Å². The Hall–Kier alpha value is -3.35. The Morgan fingerprint density at radius 2 is 1.72 bits per heavy atom. The average molecular weight is 466 g/mol. The van der Waals surface area contributed by atoms with Crippen molar-refractivity contribution >= 4 is 40.7 Å². The van der Waals surface area contributed by atoms with E-state index >= 15 is 0 Å². The molecule has 0 atom stereocenters. The lowest BCUT2D eigenvalue weighted by atomic mass is 10.2. The van der Waals surface area contributed by atoms with E-state index in [1.165, 1.54) is 10.7 Å². The van der Waals surface area contributed by atoms with Gasteiger partial charge in [-0.25, -0.2) is 0 Å². The van der Waals surface area contributed by atoms with Gasteiger partial charge < -0.3 is 10.2 Å². The molecule has 3 aromatic carbocycles. The highest BCUT2D eigenvalue weighted by atomic mass is 35.5. The van der Waals surface area contributed by atoms with E-state index in [0.29, 0.717) is 28.9 Å². The molecule has 32 heavy (non-hydrogen) atoms. The quantitative estimate of drug-likeness (QED) is 0.400. The van der Waals surface area contributed by atoms with Gasteiger partial charge >= 0.3 is 0 Å². The topological polar surface area (TPSA) is 63.0 Å². The summed E-state index contributed by atoms with van der Waals surface area (Å²) in [5.74, 6) is 0.373. The maximum atomic E-state index is 13.3. The van der Waals surface area contributed by atoms with Crippen molar-refractivity contribution in [1.82, 2.24) is 14.8 Å². The molecule has 4 rings (SSSR count). The second-order valence-electron chi connectivity index (χ2n) is 7.38. The Balaban J connectivity index is 1.66. The molecule has 4 aromatic rings. The predicted octanol–water partition coefficient (Wildman–Crippen LogP) is 5.62. The second kappa shape index (κ2) is 9.42. The molecule has 1 N–H and O–H groups in total. The number of hydrogen-bond acceptors (Lipinski definition) is 5. The molecular formula is C24H21Cl2N5O. The van der Waals surface area contributed by atoms with E-state index < -0.39 is 5.91 Å². The molecule has 0 aliphatic heterocycles. The van der Waals surface area contributed by atoms with Crippen LogP contribution in [-0.2, 0) is 6.54 Å². The van der Waals surface area contributed by atoms with Gasteiger partial charge in [0.2, 0.25) is 5.95 Å². The zero-order valence-electron chi connectivity index (χ0n) is 17.6. The first-order valence-electron chi connectivity index (χ1n) is 9.95. The van der Waals surface area contributed by atoms with Crippen LogP contribution in [0.25, 0.3) is 11.4 Å². The van der Waals surface area contributed by atoms with Crippen LogP contribution in [0.1, 0.15) is 15.9 Å². The van der Waals surface area contributed by atoms with Crippen molar-refractivity contribution in [3.63, 3.8) is 0 Å². The molecule has 8 heteroatoms. The lowest BCUT2D eigenvalue weighted by Crippen LogP contribution is -2.18. The maximum Gasteiger partial charge on any atom is 0.282 e. The summed E-state index contributed by atoms with van der Waals surface area (Å²) in [5.41, 5.74) is 3.25. The molecule has 0 radical (unpaired) electrons. The number of rotatable bonds is 6. The fourth-order valence-electron chi connectivity index (χ4n) is 3.15. The molecule has 0 fully saturated rings. The third-order valence-electron chi connectivity index (χ3n) is 4.90. The number of carbonyl (C=O) groups is 1. The molecular weight excluding hydrogens is 445 g/mol. The van der Waals surface area contributed by atoms with Crippen molar-refractivity contribution in [2.24, 2.45) is 0 Å². The van der Waals surface area contributed by atoms with E-state index in [1.807, 2.05) is 73.6 Å². The SMILES string of the molecule is CN(C)c1ccc(CNc2nc(-c3ccccc3)nn2C(=O)c2ccc(Cl)cc2Cl)cc1. The van der Waals surface area contributed by atoms with Crippen LogP contribution in [0.2, 0.25) is 10.0 Å². The molecule has 0 bridgehead atoms. The van der Waals surface area contributed by atoms with E-state index in [-0.39, 0.29) is 5.02 Å². The van der Waals surface area contributed by atoms with Crippen molar-refractivity contribution in [3.05, 3.63) is 94.0 Å². The fraction of sp³-hybridized carbons (Fsp3) is 0.125. The Kier molecular flexibility index (Phi) is 6.44. The summed E-state index contributed by atoms with van der Waals surface area (Å²) < 4.78 is 1.24. The summed E-state index contributed by atoms with van der Waals surface area (Å²) in [5, 5.41) is 8.41. The van der Waals surface area contributed by atoms with E-state index in [0.717, 1.165) is 16.8 Å². The lowest BCUT2D eigenvalue weighted by Gasteiger charge is -2.13. The normalized spacial score (nSPS) is 10.8. The van der Waals surface area contributed by atoms with E-state index in [2.05, 4.69) is 15.4 Å². The predicted molar refractivity (Wildman–Crippen MR) is 130 cm³/mol. The van der Waals surface area contributed by atoms with Gasteiger partial charge in [0.1, 0.15) is 0 Å². The number of carbonyl (C=O) groups excluding carboxylic acids is 1. The van der Waals surface area contributed by atoms with Crippen LogP contribution in [-0.4, -0.2) is 34.8 Å². The molecule has 0 saturated heterocycles. The van der Waals surface area contributed by atoms with Crippen molar-refractivity contribution < 1.29 is 4.79 Å². The average Bonchev–Trinajstić information content (AvgIpc) is 3.22. The summed E-state index contributed by atoms with van der Waals surface area (Å²) in [7, 11) is 3.99. The minimum atomic E-state index is -0.396. The van der Waals surface area contributed by atoms with Gasteiger partial charge in [0.05, 0.1) is 10.6 Å². The minimum Gasteiger partial charge on any atom is -0.378 e. The van der Waals surface area contributed by atoms with Crippen LogP contribution in [0.15, 0.2) is 72.8 Å². The third kappa shape index (κ3) is 4.77. The van der Waals surface area contributed by atoms with E-state index in [4.69, 9.17) is 23.2 Å². The van der Waals surface area contributed by atoms with Gasteiger partial charge in [-0.2, -0.15) is 9.67 Å². The summed E-state index contributed by atoms with van der Waals surface area (Å²) in [6.07, 6.45) is 0. The number of nitrogens with zero attached hydrogens (tertiary/aromatic N) is 4. The van der Waals surface area contributed by atoms with Crippen LogP contribution < -0.4 is 10.2 Å². The smallest absolute Gasteiger partial charge is 0.282 e. The van der Waals surface area contributed by atoms with Gasteiger partial charge in [-0.05, 0) is 35.9 Å². The number of halogens is 2. The molecule has 0 amide bonds. The van der Waals surface area contributed by atoms with Crippen LogP contribution in [0.4, 0.5) is 11.6 Å². The van der Waals surface area contributed by atoms with Gasteiger partial charge in [-0.1, -0.05) is 65.7 Å². The maximum absolute atomic E-state index is 13.3. The Labute approximate surface area is 196 Å². The number of anilines is 2. The molecule has 6 nitrogen and oxygen atoms in total. The highest BCUT2D eigenvalue weighted by molar-refractivity contribution is 6.36. The molecule has 162 valence electrons. The summed E-state index contributed by atoms with van der Waals surface area (Å²) in [6, 6.07) is 22.4. The Bertz CT molecular complexity index is 1240. The molecule has 1 heterocycles. The first-order valence-corrected chi connectivity index (χ1v) is 10.7. The molecule has 0 aliphatic rings. The summed E-state index contributed by atoms with van der Waals surface area (Å²) in [6.45, 7) is 0.474. The van der Waals surface area contributed by atoms with E-state index in [9.17, 15) is 4.79 Å². The number of hydrogen-bond donors (Lipinski definition) is 1. The largest absolute Gasteiger partial charge is 0.378 e. The van der Waals surface area contributed by atoms with Gasteiger partial charge in [0.25, 0.3) is 5.91 Å². The molecule has 0 saturated carbocycles. The molecule has 0 spiro atoms. The van der Waals surface area contributed by atoms with Crippen molar-refractivity contribution in [3.8, 4) is 11.4 Å². The fourth-order valence-corrected chi connectivity index (χ4v) is 3.64. The third-order valence-corrected chi connectivity index (χ3v) is 5.44. The van der Waals surface area contributed by atoms with Crippen molar-refractivity contribution in [1.29, 1.82) is 0 Å². The molecule has 0 unspecified atom stereocenters. The number of nitrogens with one attached hydrogen (secondary N) is 1. The van der Waals surface area contributed by atoms with Crippen LogP contribution in [0, 0.1) is 0 Å². The second-order valence-corrected chi connectivity index (χ2v) is 8.22. The zero-order chi connectivity index (χ0) is 22.7. The van der Waals surface area contributed by atoms with Gasteiger partial charge in [-0.15, -0.1) is 5.10 Å². The molecule has 1 aromatic heterocycles. The van der Waals surface area contributed by atoms with Crippen LogP contribution >= 0.6 is 23.2 Å². The molecule has 0 aliphatic carbocycles. The Morgan fingerprint density at radius 1 is 1.00 bits per heavy atom. The summed E-state index contributed by atoms with van der Waals surface area (Å²) in [4.78, 5) is 19.9. The minimum absolute atomic E-state index is 0.254. The first kappa shape index (κ1) is 21.9. The van der Waals surface area contributed by atoms with Gasteiger partial charge in [-0.3, -0.25) is 4.79 Å². The van der Waals surface area contributed by atoms with E-state index in [1.54, 1.807) is 12.1 Å². The number of benzene rings is 3. The first-order chi connectivity index (χ1) is 15.4. The zero-order valence-corrected chi connectivity index (χ0v) is 19.1. The van der Waals surface area contributed by atoms with Gasteiger partial charge in [0.15, 0.2) is 5.82 Å². The standard InChI is InChI=1S/C24H21Cl2N5O/c1-30(2)19-11-8-16(9-12-19)15-27-24-28-22(17-6-4-3-5-7-17)29-31(24)23(32)20-13-10-18(25)14-21(20)26/h3-14H,15H2,1-2H3,(H,27,28,29). The van der Waals surface area contributed by atoms with Gasteiger partial charge in [0, 0.05) is 36.9 Å². The highest BCUT2D eigenvalue weighted by Crippen LogP contribution is 2.24.